The summed E-state index contributed by atoms with van der Waals surface area (Å²) in [7, 11) is 0. The highest BCUT2D eigenvalue weighted by Gasteiger charge is 2.15. The van der Waals surface area contributed by atoms with Gasteiger partial charge in [0.05, 0.1) is 5.69 Å². The fourth-order valence-corrected chi connectivity index (χ4v) is 3.69. The van der Waals surface area contributed by atoms with Gasteiger partial charge < -0.3 is 5.32 Å². The van der Waals surface area contributed by atoms with Crippen LogP contribution in [0.2, 0.25) is 5.02 Å². The average Bonchev–Trinajstić information content (AvgIpc) is 3.36. The Hall–Kier alpha value is -3.91. The van der Waals surface area contributed by atoms with Crippen LogP contribution in [0.4, 0.5) is 5.69 Å². The molecule has 0 fully saturated rings. The van der Waals surface area contributed by atoms with Gasteiger partial charge in [0.2, 0.25) is 5.91 Å². The van der Waals surface area contributed by atoms with Crippen LogP contribution >= 0.6 is 11.6 Å². The molecule has 0 bridgehead atoms. The number of hydrogen-bond acceptors (Lipinski definition) is 4. The second-order valence-electron chi connectivity index (χ2n) is 7.40. The van der Waals surface area contributed by atoms with Crippen LogP contribution in [0.1, 0.15) is 12.5 Å². The van der Waals surface area contributed by atoms with E-state index in [1.807, 2.05) is 42.5 Å². The molecular formula is C23H19ClN6O2. The lowest BCUT2D eigenvalue weighted by Gasteiger charge is -2.05. The van der Waals surface area contributed by atoms with Crippen molar-refractivity contribution in [3.63, 3.8) is 0 Å². The number of halogens is 1. The lowest BCUT2D eigenvalue weighted by molar-refractivity contribution is -0.117. The largest absolute Gasteiger partial charge is 0.350 e. The molecule has 32 heavy (non-hydrogen) atoms. The lowest BCUT2D eigenvalue weighted by atomic mass is 10.1. The Kier molecular flexibility index (Phi) is 4.99. The van der Waals surface area contributed by atoms with Crippen molar-refractivity contribution in [3.8, 4) is 11.3 Å². The Morgan fingerprint density at radius 2 is 1.78 bits per heavy atom. The number of nitrogens with zero attached hydrogens (tertiary/aromatic N) is 5. The summed E-state index contributed by atoms with van der Waals surface area (Å²) in [4.78, 5) is 25.3. The summed E-state index contributed by atoms with van der Waals surface area (Å²) in [5.74, 6) is -0.328. The van der Waals surface area contributed by atoms with Crippen LogP contribution in [0, 0.1) is 0 Å². The van der Waals surface area contributed by atoms with Crippen molar-refractivity contribution >= 4 is 34.4 Å². The van der Waals surface area contributed by atoms with E-state index in [2.05, 4.69) is 22.4 Å². The van der Waals surface area contributed by atoms with E-state index in [9.17, 15) is 9.59 Å². The van der Waals surface area contributed by atoms with Crippen LogP contribution < -0.4 is 11.0 Å². The van der Waals surface area contributed by atoms with E-state index in [1.165, 1.54) is 9.96 Å². The van der Waals surface area contributed by atoms with Crippen molar-refractivity contribution in [3.05, 3.63) is 88.1 Å². The number of benzene rings is 2. The first-order valence-corrected chi connectivity index (χ1v) is 10.5. The molecule has 5 aromatic rings. The van der Waals surface area contributed by atoms with Gasteiger partial charge in [-0.15, -0.1) is 5.10 Å². The van der Waals surface area contributed by atoms with E-state index in [-0.39, 0.29) is 12.5 Å². The van der Waals surface area contributed by atoms with Crippen molar-refractivity contribution < 1.29 is 4.79 Å². The normalized spacial score (nSPS) is 11.3. The Balaban J connectivity index is 1.45. The number of nitrogens with one attached hydrogen (secondary N) is 1. The fourth-order valence-electron chi connectivity index (χ4n) is 3.56. The summed E-state index contributed by atoms with van der Waals surface area (Å²) < 4.78 is 4.22. The lowest BCUT2D eigenvalue weighted by Crippen LogP contribution is -2.28. The minimum absolute atomic E-state index is 0.194. The van der Waals surface area contributed by atoms with Gasteiger partial charge in [0.25, 0.3) is 0 Å². The van der Waals surface area contributed by atoms with E-state index in [0.717, 1.165) is 22.4 Å². The average molecular weight is 447 g/mol. The number of hydrogen-bond donors (Lipinski definition) is 1. The van der Waals surface area contributed by atoms with Gasteiger partial charge in [-0.25, -0.2) is 18.4 Å². The highest BCUT2D eigenvalue weighted by Crippen LogP contribution is 2.23. The molecule has 9 heteroatoms. The number of aromatic nitrogens is 5. The zero-order valence-electron chi connectivity index (χ0n) is 17.2. The fraction of sp³-hybridized carbons (Fsp3) is 0.130. The van der Waals surface area contributed by atoms with Crippen molar-refractivity contribution in [2.45, 2.75) is 19.9 Å². The zero-order chi connectivity index (χ0) is 22.2. The van der Waals surface area contributed by atoms with Gasteiger partial charge in [-0.3, -0.25) is 4.79 Å². The summed E-state index contributed by atoms with van der Waals surface area (Å²) in [6.07, 6.45) is 4.20. The molecule has 0 spiro atoms. The molecule has 0 unspecified atom stereocenters. The highest BCUT2D eigenvalue weighted by atomic mass is 35.5. The zero-order valence-corrected chi connectivity index (χ0v) is 18.0. The van der Waals surface area contributed by atoms with E-state index >= 15 is 0 Å². The monoisotopic (exact) mass is 446 g/mol. The Morgan fingerprint density at radius 3 is 2.50 bits per heavy atom. The Labute approximate surface area is 187 Å². The number of amides is 1. The number of carbonyl (C=O) groups is 1. The van der Waals surface area contributed by atoms with Gasteiger partial charge in [0.15, 0.2) is 5.65 Å². The molecule has 160 valence electrons. The summed E-state index contributed by atoms with van der Waals surface area (Å²) in [5.41, 5.74) is 4.16. The number of fused-ring (bicyclic) bond motifs is 3. The molecule has 1 amide bonds. The Morgan fingerprint density at radius 1 is 1.03 bits per heavy atom. The standard InChI is InChI=1S/C23H19ClN6O2/c1-2-15-3-9-18(10-4-15)25-21(31)14-30-23(32)28-11-12-29-20(22(28)27-30)13-19(26-29)16-5-7-17(24)8-6-16/h3-13H,2,14H2,1H3,(H,25,31). The molecule has 0 aliphatic carbocycles. The molecule has 3 heterocycles. The van der Waals surface area contributed by atoms with Crippen LogP contribution in [-0.4, -0.2) is 29.7 Å². The molecular weight excluding hydrogens is 428 g/mol. The van der Waals surface area contributed by atoms with Crippen molar-refractivity contribution in [2.75, 3.05) is 5.32 Å². The topological polar surface area (TPSA) is 85.7 Å². The van der Waals surface area contributed by atoms with Crippen LogP contribution in [0.3, 0.4) is 0 Å². The van der Waals surface area contributed by atoms with E-state index in [1.54, 1.807) is 29.0 Å². The maximum absolute atomic E-state index is 12.8. The molecule has 0 radical (unpaired) electrons. The first kappa shape index (κ1) is 20.0. The van der Waals surface area contributed by atoms with E-state index < -0.39 is 5.69 Å². The number of anilines is 1. The molecule has 0 aliphatic heterocycles. The SMILES string of the molecule is CCc1ccc(NC(=O)Cn2nc3c4cc(-c5ccc(Cl)cc5)nn4ccn3c2=O)cc1. The van der Waals surface area contributed by atoms with Crippen LogP contribution in [0.25, 0.3) is 22.4 Å². The minimum Gasteiger partial charge on any atom is -0.324 e. The maximum atomic E-state index is 12.8. The Bertz CT molecular complexity index is 1500. The van der Waals surface area contributed by atoms with Crippen molar-refractivity contribution in [1.29, 1.82) is 0 Å². The molecule has 3 aromatic heterocycles. The van der Waals surface area contributed by atoms with Crippen LogP contribution in [0.5, 0.6) is 0 Å². The van der Waals surface area contributed by atoms with Gasteiger partial charge in [-0.2, -0.15) is 5.10 Å². The first-order valence-electron chi connectivity index (χ1n) is 10.1. The second-order valence-corrected chi connectivity index (χ2v) is 7.83. The third-order valence-electron chi connectivity index (χ3n) is 5.27. The number of rotatable bonds is 5. The second kappa shape index (κ2) is 7.97. The van der Waals surface area contributed by atoms with E-state index in [4.69, 9.17) is 11.6 Å². The van der Waals surface area contributed by atoms with E-state index in [0.29, 0.717) is 21.9 Å². The summed E-state index contributed by atoms with van der Waals surface area (Å²) in [6.45, 7) is 1.87. The van der Waals surface area contributed by atoms with Gasteiger partial charge in [0, 0.05) is 28.7 Å². The third kappa shape index (κ3) is 3.65. The highest BCUT2D eigenvalue weighted by molar-refractivity contribution is 6.30. The molecule has 0 saturated heterocycles. The molecule has 2 aromatic carbocycles. The number of carbonyl (C=O) groups excluding carboxylic acids is 1. The van der Waals surface area contributed by atoms with Crippen molar-refractivity contribution in [2.24, 2.45) is 0 Å². The van der Waals surface area contributed by atoms with Gasteiger partial charge >= 0.3 is 5.69 Å². The third-order valence-corrected chi connectivity index (χ3v) is 5.52. The summed E-state index contributed by atoms with van der Waals surface area (Å²) >= 11 is 5.97. The molecule has 8 nitrogen and oxygen atoms in total. The summed E-state index contributed by atoms with van der Waals surface area (Å²) in [6, 6.07) is 16.8. The van der Waals surface area contributed by atoms with Crippen LogP contribution in [0.15, 0.2) is 71.8 Å². The predicted octanol–water partition coefficient (Wildman–Crippen LogP) is 3.67. The smallest absolute Gasteiger partial charge is 0.324 e. The van der Waals surface area contributed by atoms with Gasteiger partial charge in [-0.05, 0) is 42.3 Å². The first-order chi connectivity index (χ1) is 15.5. The predicted molar refractivity (Wildman–Crippen MR) is 123 cm³/mol. The number of aryl methyl sites for hydroxylation is 1. The minimum atomic E-state index is -0.395. The summed E-state index contributed by atoms with van der Waals surface area (Å²) in [5, 5.41) is 12.4. The molecule has 0 atom stereocenters. The van der Waals surface area contributed by atoms with Crippen LogP contribution in [-0.2, 0) is 17.8 Å². The van der Waals surface area contributed by atoms with Crippen molar-refractivity contribution in [1.82, 2.24) is 23.8 Å². The van der Waals surface area contributed by atoms with Gasteiger partial charge in [0.1, 0.15) is 12.1 Å². The molecule has 0 saturated carbocycles. The quantitative estimate of drug-likeness (QED) is 0.446. The maximum Gasteiger partial charge on any atom is 0.350 e. The molecule has 5 rings (SSSR count). The molecule has 1 N–H and O–H groups in total. The molecule has 0 aliphatic rings. The van der Waals surface area contributed by atoms with Gasteiger partial charge in [-0.1, -0.05) is 42.8 Å².